The van der Waals surface area contributed by atoms with E-state index in [0.717, 1.165) is 45.7 Å². The highest BCUT2D eigenvalue weighted by molar-refractivity contribution is 5.46. The number of hydrogen-bond acceptors (Lipinski definition) is 3. The lowest BCUT2D eigenvalue weighted by Gasteiger charge is -2.25. The van der Waals surface area contributed by atoms with Gasteiger partial charge in [-0.15, -0.1) is 0 Å². The molecule has 0 unspecified atom stereocenters. The van der Waals surface area contributed by atoms with Crippen molar-refractivity contribution in [3.05, 3.63) is 0 Å². The van der Waals surface area contributed by atoms with E-state index in [1.807, 2.05) is 4.90 Å². The molecule has 1 fully saturated rings. The molecule has 17 heavy (non-hydrogen) atoms. The monoisotopic (exact) mass is 241 g/mol. The molecule has 0 aliphatic carbocycles. The zero-order valence-corrected chi connectivity index (χ0v) is 11.4. The van der Waals surface area contributed by atoms with Gasteiger partial charge in [-0.1, -0.05) is 13.8 Å². The standard InChI is InChI=1S/C13H27N3O/c1-3-14(4-2)9-11-16(13-17)12-10-15-7-5-6-8-15/h13H,3-12H2,1-2H3. The summed E-state index contributed by atoms with van der Waals surface area (Å²) in [7, 11) is 0. The molecule has 100 valence electrons. The number of hydrogen-bond donors (Lipinski definition) is 0. The minimum absolute atomic E-state index is 0.860. The van der Waals surface area contributed by atoms with Gasteiger partial charge >= 0.3 is 0 Å². The summed E-state index contributed by atoms with van der Waals surface area (Å²) >= 11 is 0. The Kier molecular flexibility index (Phi) is 7.21. The van der Waals surface area contributed by atoms with Crippen LogP contribution in [0.15, 0.2) is 0 Å². The van der Waals surface area contributed by atoms with Gasteiger partial charge in [0.2, 0.25) is 6.41 Å². The average Bonchev–Trinajstić information content (AvgIpc) is 2.87. The van der Waals surface area contributed by atoms with Crippen molar-refractivity contribution in [2.45, 2.75) is 26.7 Å². The van der Waals surface area contributed by atoms with Crippen LogP contribution in [0.5, 0.6) is 0 Å². The van der Waals surface area contributed by atoms with E-state index in [-0.39, 0.29) is 0 Å². The lowest BCUT2D eigenvalue weighted by molar-refractivity contribution is -0.118. The topological polar surface area (TPSA) is 26.8 Å². The maximum atomic E-state index is 11.0. The lowest BCUT2D eigenvalue weighted by Crippen LogP contribution is -2.38. The van der Waals surface area contributed by atoms with E-state index in [1.165, 1.54) is 25.9 Å². The Bertz CT molecular complexity index is 195. The smallest absolute Gasteiger partial charge is 0.209 e. The van der Waals surface area contributed by atoms with Crippen LogP contribution < -0.4 is 0 Å². The van der Waals surface area contributed by atoms with Crippen LogP contribution in [0.3, 0.4) is 0 Å². The summed E-state index contributed by atoms with van der Waals surface area (Å²) in [5.74, 6) is 0. The molecule has 0 spiro atoms. The van der Waals surface area contributed by atoms with Crippen LogP contribution in [-0.4, -0.2) is 73.5 Å². The molecule has 0 atom stereocenters. The highest BCUT2D eigenvalue weighted by atomic mass is 16.1. The Hall–Kier alpha value is -0.610. The zero-order valence-electron chi connectivity index (χ0n) is 11.4. The van der Waals surface area contributed by atoms with Gasteiger partial charge in [-0.3, -0.25) is 4.79 Å². The normalized spacial score (nSPS) is 16.6. The first kappa shape index (κ1) is 14.5. The Balaban J connectivity index is 2.16. The summed E-state index contributed by atoms with van der Waals surface area (Å²) in [6.07, 6.45) is 3.64. The number of likely N-dealkylation sites (N-methyl/N-ethyl adjacent to an activating group) is 1. The number of likely N-dealkylation sites (tertiary alicyclic amines) is 1. The molecule has 1 amide bonds. The highest BCUT2D eigenvalue weighted by Gasteiger charge is 2.12. The van der Waals surface area contributed by atoms with Crippen molar-refractivity contribution in [2.75, 3.05) is 52.4 Å². The van der Waals surface area contributed by atoms with E-state index in [0.29, 0.717) is 0 Å². The maximum Gasteiger partial charge on any atom is 0.209 e. The molecular weight excluding hydrogens is 214 g/mol. The van der Waals surface area contributed by atoms with Crippen LogP contribution >= 0.6 is 0 Å². The fourth-order valence-electron chi connectivity index (χ4n) is 2.30. The van der Waals surface area contributed by atoms with Crippen LogP contribution in [0.1, 0.15) is 26.7 Å². The minimum atomic E-state index is 0.860. The van der Waals surface area contributed by atoms with Crippen molar-refractivity contribution in [2.24, 2.45) is 0 Å². The van der Waals surface area contributed by atoms with Crippen molar-refractivity contribution in [1.82, 2.24) is 14.7 Å². The van der Waals surface area contributed by atoms with Crippen molar-refractivity contribution in [3.63, 3.8) is 0 Å². The number of carbonyl (C=O) groups excluding carboxylic acids is 1. The Morgan fingerprint density at radius 2 is 1.71 bits per heavy atom. The van der Waals surface area contributed by atoms with Crippen molar-refractivity contribution >= 4 is 6.41 Å². The summed E-state index contributed by atoms with van der Waals surface area (Å²) in [5.41, 5.74) is 0. The van der Waals surface area contributed by atoms with Crippen LogP contribution in [0.25, 0.3) is 0 Å². The maximum absolute atomic E-state index is 11.0. The van der Waals surface area contributed by atoms with Gasteiger partial charge in [0, 0.05) is 26.2 Å². The number of amides is 1. The highest BCUT2D eigenvalue weighted by Crippen LogP contribution is 2.06. The van der Waals surface area contributed by atoms with Gasteiger partial charge in [-0.05, 0) is 39.0 Å². The molecule has 4 nitrogen and oxygen atoms in total. The number of nitrogens with zero attached hydrogens (tertiary/aromatic N) is 3. The third kappa shape index (κ3) is 5.50. The third-order valence-electron chi connectivity index (χ3n) is 3.65. The molecule has 0 N–H and O–H groups in total. The first-order valence-electron chi connectivity index (χ1n) is 6.94. The summed E-state index contributed by atoms with van der Waals surface area (Å²) < 4.78 is 0. The van der Waals surface area contributed by atoms with E-state index < -0.39 is 0 Å². The van der Waals surface area contributed by atoms with Crippen LogP contribution in [-0.2, 0) is 4.79 Å². The summed E-state index contributed by atoms with van der Waals surface area (Å²) in [5, 5.41) is 0. The second-order valence-corrected chi connectivity index (χ2v) is 4.72. The SMILES string of the molecule is CCN(CC)CCN(C=O)CCN1CCCC1. The van der Waals surface area contributed by atoms with E-state index in [9.17, 15) is 4.79 Å². The fraction of sp³-hybridized carbons (Fsp3) is 0.923. The predicted octanol–water partition coefficient (Wildman–Crippen LogP) is 0.882. The molecule has 1 heterocycles. The first-order valence-corrected chi connectivity index (χ1v) is 6.94. The molecule has 1 rings (SSSR count). The van der Waals surface area contributed by atoms with Gasteiger partial charge in [0.25, 0.3) is 0 Å². The lowest BCUT2D eigenvalue weighted by atomic mass is 10.4. The number of carbonyl (C=O) groups is 1. The van der Waals surface area contributed by atoms with Gasteiger partial charge in [0.05, 0.1) is 0 Å². The molecule has 0 radical (unpaired) electrons. The molecule has 0 saturated carbocycles. The van der Waals surface area contributed by atoms with Crippen molar-refractivity contribution in [1.29, 1.82) is 0 Å². The van der Waals surface area contributed by atoms with Gasteiger partial charge in [-0.25, -0.2) is 0 Å². The van der Waals surface area contributed by atoms with E-state index >= 15 is 0 Å². The van der Waals surface area contributed by atoms with Crippen LogP contribution in [0.4, 0.5) is 0 Å². The zero-order chi connectivity index (χ0) is 12.5. The molecule has 1 aliphatic heterocycles. The van der Waals surface area contributed by atoms with Gasteiger partial charge < -0.3 is 14.7 Å². The minimum Gasteiger partial charge on any atom is -0.343 e. The Labute approximate surface area is 106 Å². The first-order chi connectivity index (χ1) is 8.30. The van der Waals surface area contributed by atoms with E-state index in [1.54, 1.807) is 0 Å². The van der Waals surface area contributed by atoms with Crippen molar-refractivity contribution in [3.8, 4) is 0 Å². The second-order valence-electron chi connectivity index (χ2n) is 4.72. The van der Waals surface area contributed by atoms with Crippen LogP contribution in [0, 0.1) is 0 Å². The Morgan fingerprint density at radius 1 is 1.06 bits per heavy atom. The van der Waals surface area contributed by atoms with Gasteiger partial charge in [0.1, 0.15) is 0 Å². The van der Waals surface area contributed by atoms with Gasteiger partial charge in [-0.2, -0.15) is 0 Å². The summed E-state index contributed by atoms with van der Waals surface area (Å²) in [6.45, 7) is 12.7. The van der Waals surface area contributed by atoms with Gasteiger partial charge in [0.15, 0.2) is 0 Å². The van der Waals surface area contributed by atoms with E-state index in [4.69, 9.17) is 0 Å². The molecule has 4 heteroatoms. The second kappa shape index (κ2) is 8.48. The fourth-order valence-corrected chi connectivity index (χ4v) is 2.30. The summed E-state index contributed by atoms with van der Waals surface area (Å²) in [4.78, 5) is 17.7. The summed E-state index contributed by atoms with van der Waals surface area (Å²) in [6, 6.07) is 0. The molecule has 0 aromatic heterocycles. The molecule has 1 aliphatic rings. The number of rotatable bonds is 9. The quantitative estimate of drug-likeness (QED) is 0.561. The molecule has 0 aromatic rings. The predicted molar refractivity (Wildman–Crippen MR) is 71.1 cm³/mol. The van der Waals surface area contributed by atoms with Crippen LogP contribution in [0.2, 0.25) is 0 Å². The molecule has 0 bridgehead atoms. The molecule has 0 aromatic carbocycles. The molecule has 1 saturated heterocycles. The largest absolute Gasteiger partial charge is 0.343 e. The Morgan fingerprint density at radius 3 is 2.24 bits per heavy atom. The van der Waals surface area contributed by atoms with E-state index in [2.05, 4.69) is 23.6 Å². The van der Waals surface area contributed by atoms with Crippen molar-refractivity contribution < 1.29 is 4.79 Å². The average molecular weight is 241 g/mol. The third-order valence-corrected chi connectivity index (χ3v) is 3.65. The molecular formula is C13H27N3O.